The van der Waals surface area contributed by atoms with Crippen molar-refractivity contribution < 1.29 is 0 Å². The van der Waals surface area contributed by atoms with E-state index in [4.69, 9.17) is 5.73 Å². The number of hydrogen-bond donors (Lipinski definition) is 2. The van der Waals surface area contributed by atoms with Crippen molar-refractivity contribution in [2.45, 2.75) is 45.1 Å². The second-order valence-electron chi connectivity index (χ2n) is 4.50. The fourth-order valence-electron chi connectivity index (χ4n) is 2.53. The van der Waals surface area contributed by atoms with E-state index >= 15 is 0 Å². The van der Waals surface area contributed by atoms with Crippen LogP contribution in [0.2, 0.25) is 0 Å². The number of hydrogen-bond acceptors (Lipinski definition) is 4. The highest BCUT2D eigenvalue weighted by Gasteiger charge is 2.23. The first-order chi connectivity index (χ1) is 7.79. The van der Waals surface area contributed by atoms with Crippen LogP contribution >= 0.6 is 0 Å². The SMILES string of the molecule is CCC1CCCCC1Nc1ccnc(N)n1. The van der Waals surface area contributed by atoms with Crippen LogP contribution in [0.15, 0.2) is 12.3 Å². The molecule has 2 unspecified atom stereocenters. The van der Waals surface area contributed by atoms with Gasteiger partial charge in [0.15, 0.2) is 0 Å². The summed E-state index contributed by atoms with van der Waals surface area (Å²) < 4.78 is 0. The molecular formula is C12H20N4. The minimum atomic E-state index is 0.342. The maximum atomic E-state index is 5.57. The summed E-state index contributed by atoms with van der Waals surface area (Å²) in [5.74, 6) is 1.97. The van der Waals surface area contributed by atoms with Gasteiger partial charge in [-0.25, -0.2) is 4.98 Å². The van der Waals surface area contributed by atoms with Crippen LogP contribution in [0.5, 0.6) is 0 Å². The summed E-state index contributed by atoms with van der Waals surface area (Å²) in [6, 6.07) is 2.44. The van der Waals surface area contributed by atoms with Gasteiger partial charge in [-0.15, -0.1) is 0 Å². The van der Waals surface area contributed by atoms with Crippen LogP contribution in [-0.4, -0.2) is 16.0 Å². The molecule has 0 spiro atoms. The van der Waals surface area contributed by atoms with E-state index in [1.165, 1.54) is 32.1 Å². The Labute approximate surface area is 96.7 Å². The fraction of sp³-hybridized carbons (Fsp3) is 0.667. The van der Waals surface area contributed by atoms with Gasteiger partial charge >= 0.3 is 0 Å². The van der Waals surface area contributed by atoms with Gasteiger partial charge in [-0.3, -0.25) is 0 Å². The van der Waals surface area contributed by atoms with Gasteiger partial charge in [0.1, 0.15) is 5.82 Å². The van der Waals surface area contributed by atoms with Crippen LogP contribution in [0.4, 0.5) is 11.8 Å². The van der Waals surface area contributed by atoms with Gasteiger partial charge in [-0.2, -0.15) is 4.98 Å². The molecule has 0 aromatic carbocycles. The standard InChI is InChI=1S/C12H20N4/c1-2-9-5-3-4-6-10(9)15-11-7-8-14-12(13)16-11/h7-10H,2-6H2,1H3,(H3,13,14,15,16). The minimum absolute atomic E-state index is 0.342. The number of rotatable bonds is 3. The minimum Gasteiger partial charge on any atom is -0.368 e. The highest BCUT2D eigenvalue weighted by Crippen LogP contribution is 2.28. The molecule has 1 heterocycles. The zero-order valence-corrected chi connectivity index (χ0v) is 9.82. The van der Waals surface area contributed by atoms with Crippen molar-refractivity contribution >= 4 is 11.8 Å². The van der Waals surface area contributed by atoms with E-state index < -0.39 is 0 Å². The lowest BCUT2D eigenvalue weighted by molar-refractivity contribution is 0.317. The smallest absolute Gasteiger partial charge is 0.221 e. The Morgan fingerprint density at radius 2 is 2.25 bits per heavy atom. The van der Waals surface area contributed by atoms with Crippen LogP contribution < -0.4 is 11.1 Å². The molecule has 0 radical (unpaired) electrons. The van der Waals surface area contributed by atoms with Crippen LogP contribution in [0.25, 0.3) is 0 Å². The highest BCUT2D eigenvalue weighted by molar-refractivity contribution is 5.38. The average Bonchev–Trinajstić information content (AvgIpc) is 2.30. The molecule has 0 amide bonds. The van der Waals surface area contributed by atoms with Crippen molar-refractivity contribution in [2.75, 3.05) is 11.1 Å². The Kier molecular flexibility index (Phi) is 3.59. The first-order valence-electron chi connectivity index (χ1n) is 6.14. The van der Waals surface area contributed by atoms with E-state index in [9.17, 15) is 0 Å². The zero-order chi connectivity index (χ0) is 11.4. The maximum Gasteiger partial charge on any atom is 0.221 e. The van der Waals surface area contributed by atoms with Gasteiger partial charge in [0.2, 0.25) is 5.95 Å². The second-order valence-corrected chi connectivity index (χ2v) is 4.50. The molecule has 88 valence electrons. The summed E-state index contributed by atoms with van der Waals surface area (Å²) in [5, 5.41) is 3.49. The van der Waals surface area contributed by atoms with Crippen LogP contribution in [-0.2, 0) is 0 Å². The molecule has 2 rings (SSSR count). The lowest BCUT2D eigenvalue weighted by Crippen LogP contribution is -2.32. The predicted molar refractivity (Wildman–Crippen MR) is 66.1 cm³/mol. The molecule has 4 nitrogen and oxygen atoms in total. The fourth-order valence-corrected chi connectivity index (χ4v) is 2.53. The second kappa shape index (κ2) is 5.14. The van der Waals surface area contributed by atoms with Crippen molar-refractivity contribution in [3.8, 4) is 0 Å². The molecule has 2 atom stereocenters. The molecule has 0 saturated heterocycles. The topological polar surface area (TPSA) is 63.8 Å². The molecule has 3 N–H and O–H groups in total. The molecule has 16 heavy (non-hydrogen) atoms. The lowest BCUT2D eigenvalue weighted by Gasteiger charge is -2.31. The van der Waals surface area contributed by atoms with Crippen LogP contribution in [0.3, 0.4) is 0 Å². The molecule has 1 aliphatic carbocycles. The Bertz CT molecular complexity index is 340. The summed E-state index contributed by atoms with van der Waals surface area (Å²) in [6.45, 7) is 2.26. The van der Waals surface area contributed by atoms with Crippen LogP contribution in [0.1, 0.15) is 39.0 Å². The first kappa shape index (κ1) is 11.2. The molecule has 1 aromatic heterocycles. The molecule has 1 aliphatic rings. The van der Waals surface area contributed by atoms with Crippen molar-refractivity contribution in [1.82, 2.24) is 9.97 Å². The van der Waals surface area contributed by atoms with E-state index in [0.29, 0.717) is 12.0 Å². The van der Waals surface area contributed by atoms with Gasteiger partial charge in [0.05, 0.1) is 0 Å². The molecular weight excluding hydrogens is 200 g/mol. The predicted octanol–water partition coefficient (Wildman–Crippen LogP) is 2.44. The van der Waals surface area contributed by atoms with E-state index in [1.807, 2.05) is 6.07 Å². The van der Waals surface area contributed by atoms with Gasteiger partial charge in [0.25, 0.3) is 0 Å². The van der Waals surface area contributed by atoms with E-state index in [1.54, 1.807) is 6.20 Å². The van der Waals surface area contributed by atoms with Crippen LogP contribution in [0, 0.1) is 5.92 Å². The van der Waals surface area contributed by atoms with Crippen molar-refractivity contribution in [1.29, 1.82) is 0 Å². The monoisotopic (exact) mass is 220 g/mol. The summed E-state index contributed by atoms with van der Waals surface area (Å²) in [5.41, 5.74) is 5.57. The molecule has 4 heteroatoms. The summed E-state index contributed by atoms with van der Waals surface area (Å²) >= 11 is 0. The molecule has 1 fully saturated rings. The largest absolute Gasteiger partial charge is 0.368 e. The van der Waals surface area contributed by atoms with E-state index in [2.05, 4.69) is 22.2 Å². The number of anilines is 2. The zero-order valence-electron chi connectivity index (χ0n) is 9.82. The number of aromatic nitrogens is 2. The number of nitrogens with two attached hydrogens (primary N) is 1. The summed E-state index contributed by atoms with van der Waals surface area (Å²) in [4.78, 5) is 8.09. The normalized spacial score (nSPS) is 25.3. The Morgan fingerprint density at radius 1 is 1.44 bits per heavy atom. The quantitative estimate of drug-likeness (QED) is 0.821. The number of nitrogens with zero attached hydrogens (tertiary/aromatic N) is 2. The third kappa shape index (κ3) is 2.62. The average molecular weight is 220 g/mol. The van der Waals surface area contributed by atoms with Crippen molar-refractivity contribution in [2.24, 2.45) is 5.92 Å². The molecule has 0 aliphatic heterocycles. The Balaban J connectivity index is 2.02. The summed E-state index contributed by atoms with van der Waals surface area (Å²) in [6.07, 6.45) is 8.18. The number of nitrogens with one attached hydrogen (secondary N) is 1. The molecule has 0 bridgehead atoms. The van der Waals surface area contributed by atoms with Gasteiger partial charge < -0.3 is 11.1 Å². The van der Waals surface area contributed by atoms with E-state index in [0.717, 1.165) is 11.7 Å². The van der Waals surface area contributed by atoms with Crippen molar-refractivity contribution in [3.63, 3.8) is 0 Å². The Hall–Kier alpha value is -1.32. The third-order valence-electron chi connectivity index (χ3n) is 3.44. The van der Waals surface area contributed by atoms with E-state index in [-0.39, 0.29) is 0 Å². The maximum absolute atomic E-state index is 5.57. The van der Waals surface area contributed by atoms with Crippen molar-refractivity contribution in [3.05, 3.63) is 12.3 Å². The Morgan fingerprint density at radius 3 is 3.00 bits per heavy atom. The number of nitrogen functional groups attached to an aromatic ring is 1. The summed E-state index contributed by atoms with van der Waals surface area (Å²) in [7, 11) is 0. The molecule has 1 saturated carbocycles. The highest BCUT2D eigenvalue weighted by atomic mass is 15.1. The molecule has 1 aromatic rings. The first-order valence-corrected chi connectivity index (χ1v) is 6.14. The third-order valence-corrected chi connectivity index (χ3v) is 3.44. The lowest BCUT2D eigenvalue weighted by atomic mass is 9.83. The van der Waals surface area contributed by atoms with Gasteiger partial charge in [-0.05, 0) is 24.8 Å². The van der Waals surface area contributed by atoms with Gasteiger partial charge in [-0.1, -0.05) is 26.2 Å². The van der Waals surface area contributed by atoms with Gasteiger partial charge in [0, 0.05) is 12.2 Å².